The highest BCUT2D eigenvalue weighted by Crippen LogP contribution is 2.23. The molecule has 0 atom stereocenters. The lowest BCUT2D eigenvalue weighted by molar-refractivity contribution is -0.386. The Balaban J connectivity index is 1.67. The Bertz CT molecular complexity index is 1100. The number of nitrogens with one attached hydrogen (secondary N) is 1. The first kappa shape index (κ1) is 23.0. The molecule has 2 aromatic carbocycles. The normalized spacial score (nSPS) is 10.9. The summed E-state index contributed by atoms with van der Waals surface area (Å²) in [7, 11) is 0. The van der Waals surface area contributed by atoms with Gasteiger partial charge in [-0.15, -0.1) is 0 Å². The molecule has 0 unspecified atom stereocenters. The third-order valence-electron chi connectivity index (χ3n) is 5.50. The average molecular weight is 436 g/mol. The van der Waals surface area contributed by atoms with Gasteiger partial charge in [-0.2, -0.15) is 5.10 Å². The van der Waals surface area contributed by atoms with Crippen molar-refractivity contribution in [3.05, 3.63) is 81.2 Å². The molecule has 1 amide bonds. The second kappa shape index (κ2) is 9.64. The summed E-state index contributed by atoms with van der Waals surface area (Å²) < 4.78 is 1.61. The van der Waals surface area contributed by atoms with E-state index < -0.39 is 4.92 Å². The zero-order chi connectivity index (χ0) is 23.4. The molecule has 0 spiro atoms. The number of nitro groups is 1. The second-order valence-electron chi connectivity index (χ2n) is 8.01. The van der Waals surface area contributed by atoms with Gasteiger partial charge in [0.2, 0.25) is 0 Å². The Morgan fingerprint density at radius 1 is 1.12 bits per heavy atom. The maximum absolute atomic E-state index is 12.6. The first-order valence-corrected chi connectivity index (χ1v) is 10.7. The summed E-state index contributed by atoms with van der Waals surface area (Å²) in [5, 5.41) is 18.4. The van der Waals surface area contributed by atoms with Crippen LogP contribution in [0.4, 0.5) is 17.1 Å². The molecule has 0 aliphatic heterocycles. The van der Waals surface area contributed by atoms with Crippen molar-refractivity contribution in [1.29, 1.82) is 0 Å². The summed E-state index contributed by atoms with van der Waals surface area (Å²) in [6.07, 6.45) is 0. The minimum Gasteiger partial charge on any atom is -0.369 e. The van der Waals surface area contributed by atoms with Crippen LogP contribution in [0.25, 0.3) is 0 Å². The van der Waals surface area contributed by atoms with Crippen LogP contribution in [0.2, 0.25) is 0 Å². The Hall–Kier alpha value is -3.68. The summed E-state index contributed by atoms with van der Waals surface area (Å²) in [4.78, 5) is 25.7. The van der Waals surface area contributed by atoms with Crippen LogP contribution in [0.3, 0.4) is 0 Å². The topological polar surface area (TPSA) is 93.3 Å². The van der Waals surface area contributed by atoms with Gasteiger partial charge < -0.3 is 10.2 Å². The fourth-order valence-electron chi connectivity index (χ4n) is 3.83. The molecule has 0 aliphatic carbocycles. The van der Waals surface area contributed by atoms with E-state index >= 15 is 0 Å². The minimum atomic E-state index is -0.406. The number of nitrogens with zero attached hydrogens (tertiary/aromatic N) is 4. The average Bonchev–Trinajstić information content (AvgIpc) is 3.03. The van der Waals surface area contributed by atoms with Crippen molar-refractivity contribution in [2.45, 2.75) is 47.2 Å². The Morgan fingerprint density at radius 2 is 1.75 bits per heavy atom. The molecular weight excluding hydrogens is 406 g/mol. The smallest absolute Gasteiger partial charge is 0.312 e. The van der Waals surface area contributed by atoms with Crippen LogP contribution in [0.5, 0.6) is 0 Å². The number of anilines is 2. The molecule has 0 aliphatic rings. The van der Waals surface area contributed by atoms with E-state index in [1.54, 1.807) is 30.7 Å². The lowest BCUT2D eigenvalue weighted by Gasteiger charge is -2.27. The monoisotopic (exact) mass is 435 g/mol. The maximum Gasteiger partial charge on any atom is 0.312 e. The van der Waals surface area contributed by atoms with Gasteiger partial charge in [-0.25, -0.2) is 0 Å². The number of carbonyl (C=O) groups excluding carboxylic acids is 1. The lowest BCUT2D eigenvalue weighted by Crippen LogP contribution is -2.30. The van der Waals surface area contributed by atoms with Crippen LogP contribution in [0.1, 0.15) is 48.1 Å². The van der Waals surface area contributed by atoms with E-state index in [-0.39, 0.29) is 11.6 Å². The van der Waals surface area contributed by atoms with Gasteiger partial charge in [0.25, 0.3) is 5.91 Å². The number of amides is 1. The fourth-order valence-corrected chi connectivity index (χ4v) is 3.83. The third kappa shape index (κ3) is 4.96. The van der Waals surface area contributed by atoms with Crippen molar-refractivity contribution < 1.29 is 9.72 Å². The highest BCUT2D eigenvalue weighted by molar-refractivity contribution is 6.04. The maximum atomic E-state index is 12.6. The van der Waals surface area contributed by atoms with Crippen LogP contribution in [-0.4, -0.2) is 33.2 Å². The Morgan fingerprint density at radius 3 is 2.25 bits per heavy atom. The first-order valence-electron chi connectivity index (χ1n) is 10.7. The summed E-state index contributed by atoms with van der Waals surface area (Å²) in [6, 6.07) is 15.4. The standard InChI is InChI=1S/C24H29N5O3/c1-6-27(16(2)3)22-13-11-21(12-14-22)25-24(30)20-9-7-19(8-10-20)15-28-18(5)23(29(31)32)17(4)26-28/h7-14,16H,6,15H2,1-5H3,(H,25,30). The molecule has 0 bridgehead atoms. The van der Waals surface area contributed by atoms with Crippen molar-refractivity contribution in [3.63, 3.8) is 0 Å². The first-order chi connectivity index (χ1) is 15.2. The van der Waals surface area contributed by atoms with Gasteiger partial charge in [-0.05, 0) is 76.6 Å². The molecule has 0 fully saturated rings. The molecule has 32 heavy (non-hydrogen) atoms. The molecule has 1 N–H and O–H groups in total. The van der Waals surface area contributed by atoms with Crippen molar-refractivity contribution in [2.75, 3.05) is 16.8 Å². The van der Waals surface area contributed by atoms with Crippen LogP contribution in [0, 0.1) is 24.0 Å². The van der Waals surface area contributed by atoms with Crippen LogP contribution in [-0.2, 0) is 6.54 Å². The predicted molar refractivity (Wildman–Crippen MR) is 126 cm³/mol. The van der Waals surface area contributed by atoms with Crippen LogP contribution >= 0.6 is 0 Å². The van der Waals surface area contributed by atoms with E-state index in [2.05, 4.69) is 36.1 Å². The van der Waals surface area contributed by atoms with Crippen molar-refractivity contribution in [1.82, 2.24) is 9.78 Å². The second-order valence-corrected chi connectivity index (χ2v) is 8.01. The van der Waals surface area contributed by atoms with Gasteiger partial charge in [-0.1, -0.05) is 12.1 Å². The zero-order valence-electron chi connectivity index (χ0n) is 19.1. The molecule has 8 heteroatoms. The van der Waals surface area contributed by atoms with Crippen LogP contribution < -0.4 is 10.2 Å². The van der Waals surface area contributed by atoms with Crippen molar-refractivity contribution in [2.24, 2.45) is 0 Å². The molecule has 3 rings (SSSR count). The van der Waals surface area contributed by atoms with E-state index in [1.807, 2.05) is 36.4 Å². The molecular formula is C24H29N5O3. The molecule has 1 aromatic heterocycles. The molecule has 0 saturated heterocycles. The van der Waals surface area contributed by atoms with E-state index in [4.69, 9.17) is 0 Å². The van der Waals surface area contributed by atoms with E-state index in [0.717, 1.165) is 23.5 Å². The number of aryl methyl sites for hydroxylation is 1. The van der Waals surface area contributed by atoms with Gasteiger partial charge in [0.15, 0.2) is 0 Å². The lowest BCUT2D eigenvalue weighted by atomic mass is 10.1. The number of aromatic nitrogens is 2. The summed E-state index contributed by atoms with van der Waals surface area (Å²) in [5.74, 6) is -0.192. The number of hydrogen-bond donors (Lipinski definition) is 1. The summed E-state index contributed by atoms with van der Waals surface area (Å²) in [6.45, 7) is 11.1. The molecule has 0 radical (unpaired) electrons. The number of benzene rings is 2. The molecule has 8 nitrogen and oxygen atoms in total. The zero-order valence-corrected chi connectivity index (χ0v) is 19.1. The largest absolute Gasteiger partial charge is 0.369 e. The third-order valence-corrected chi connectivity index (χ3v) is 5.50. The molecule has 1 heterocycles. The van der Waals surface area contributed by atoms with Gasteiger partial charge >= 0.3 is 5.69 Å². The number of rotatable bonds is 8. The predicted octanol–water partition coefficient (Wildman–Crippen LogP) is 4.94. The SMILES string of the molecule is CCN(c1ccc(NC(=O)c2ccc(Cn3nc(C)c([N+](=O)[O-])c3C)cc2)cc1)C(C)C. The molecule has 168 valence electrons. The minimum absolute atomic E-state index is 0.0440. The van der Waals surface area contributed by atoms with Crippen LogP contribution in [0.15, 0.2) is 48.5 Å². The quantitative estimate of drug-likeness (QED) is 0.399. The summed E-state index contributed by atoms with van der Waals surface area (Å²) >= 11 is 0. The Labute approximate surface area is 188 Å². The van der Waals surface area contributed by atoms with E-state index in [1.165, 1.54) is 0 Å². The van der Waals surface area contributed by atoms with E-state index in [0.29, 0.717) is 29.5 Å². The van der Waals surface area contributed by atoms with Crippen molar-refractivity contribution in [3.8, 4) is 0 Å². The Kier molecular flexibility index (Phi) is 6.92. The van der Waals surface area contributed by atoms with E-state index in [9.17, 15) is 14.9 Å². The highest BCUT2D eigenvalue weighted by Gasteiger charge is 2.21. The molecule has 0 saturated carbocycles. The molecule has 3 aromatic rings. The van der Waals surface area contributed by atoms with Crippen molar-refractivity contribution >= 4 is 23.0 Å². The van der Waals surface area contributed by atoms with Gasteiger partial charge in [0.1, 0.15) is 11.4 Å². The van der Waals surface area contributed by atoms with Gasteiger partial charge in [0.05, 0.1) is 11.5 Å². The van der Waals surface area contributed by atoms with Gasteiger partial charge in [-0.3, -0.25) is 19.6 Å². The fraction of sp³-hybridized carbons (Fsp3) is 0.333. The van der Waals surface area contributed by atoms with Gasteiger partial charge in [0, 0.05) is 29.5 Å². The number of hydrogen-bond acceptors (Lipinski definition) is 5. The highest BCUT2D eigenvalue weighted by atomic mass is 16.6. The summed E-state index contributed by atoms with van der Waals surface area (Å²) in [5.41, 5.74) is 4.24. The number of carbonyl (C=O) groups is 1.